The number of nitro groups is 2. The molecule has 1 aliphatic rings. The molecule has 1 aliphatic carbocycles. The molecular weight excluding hydrogens is 302 g/mol. The number of rotatable bonds is 4. The molecule has 0 spiro atoms. The summed E-state index contributed by atoms with van der Waals surface area (Å²) < 4.78 is 0. The van der Waals surface area contributed by atoms with E-state index in [9.17, 15) is 25.0 Å². The molecule has 0 saturated heterocycles. The number of non-ortho nitro benzene ring substituents is 1. The van der Waals surface area contributed by atoms with E-state index in [2.05, 4.69) is 12.2 Å². The highest BCUT2D eigenvalue weighted by Crippen LogP contribution is 2.29. The maximum Gasteiger partial charge on any atom is 0.279 e. The molecule has 8 nitrogen and oxygen atoms in total. The third kappa shape index (κ3) is 3.82. The van der Waals surface area contributed by atoms with Gasteiger partial charge in [0.05, 0.1) is 21.5 Å². The lowest BCUT2D eigenvalue weighted by atomic mass is 9.87. The summed E-state index contributed by atoms with van der Waals surface area (Å²) in [4.78, 5) is 33.0. The van der Waals surface area contributed by atoms with Crippen molar-refractivity contribution in [3.05, 3.63) is 43.5 Å². The maximum atomic E-state index is 12.4. The predicted molar refractivity (Wildman–Crippen MR) is 83.4 cm³/mol. The highest BCUT2D eigenvalue weighted by atomic mass is 16.6. The highest BCUT2D eigenvalue weighted by Gasteiger charge is 2.26. The Hall–Kier alpha value is -2.51. The number of carbonyl (C=O) groups is 1. The molecule has 1 N–H and O–H groups in total. The van der Waals surface area contributed by atoms with Crippen molar-refractivity contribution in [2.75, 3.05) is 0 Å². The smallest absolute Gasteiger partial charge is 0.279 e. The lowest BCUT2D eigenvalue weighted by Gasteiger charge is -2.27. The quantitative estimate of drug-likeness (QED) is 0.675. The lowest BCUT2D eigenvalue weighted by Crippen LogP contribution is -2.37. The van der Waals surface area contributed by atoms with Gasteiger partial charge in [0.2, 0.25) is 0 Å². The van der Waals surface area contributed by atoms with Crippen LogP contribution in [0.4, 0.5) is 11.4 Å². The van der Waals surface area contributed by atoms with Gasteiger partial charge in [0.25, 0.3) is 17.3 Å². The van der Waals surface area contributed by atoms with Crippen molar-refractivity contribution >= 4 is 17.3 Å². The van der Waals surface area contributed by atoms with E-state index in [1.807, 2.05) is 0 Å². The minimum atomic E-state index is -0.731. The summed E-state index contributed by atoms with van der Waals surface area (Å²) in [6, 6.07) is 1.99. The number of amides is 1. The molecule has 0 bridgehead atoms. The third-order valence-corrected chi connectivity index (χ3v) is 4.37. The molecule has 1 aromatic carbocycles. The van der Waals surface area contributed by atoms with E-state index < -0.39 is 27.1 Å². The van der Waals surface area contributed by atoms with E-state index in [4.69, 9.17) is 0 Å². The van der Waals surface area contributed by atoms with Crippen LogP contribution in [0.25, 0.3) is 0 Å². The van der Waals surface area contributed by atoms with E-state index >= 15 is 0 Å². The van der Waals surface area contributed by atoms with Crippen LogP contribution >= 0.6 is 0 Å². The molecular formula is C15H19N3O5. The Morgan fingerprint density at radius 3 is 2.26 bits per heavy atom. The second-order valence-electron chi connectivity index (χ2n) is 6.08. The molecule has 124 valence electrons. The normalized spacial score (nSPS) is 20.8. The molecule has 1 fully saturated rings. The molecule has 1 amide bonds. The number of nitrogens with one attached hydrogen (secondary N) is 1. The number of nitrogens with zero attached hydrogens (tertiary/aromatic N) is 2. The average molecular weight is 321 g/mol. The monoisotopic (exact) mass is 321 g/mol. The van der Waals surface area contributed by atoms with Crippen LogP contribution in [0.5, 0.6) is 0 Å². The summed E-state index contributed by atoms with van der Waals surface area (Å²) in [5.74, 6) is 0.137. The predicted octanol–water partition coefficient (Wildman–Crippen LogP) is 3.12. The minimum absolute atomic E-state index is 0.00970. The van der Waals surface area contributed by atoms with Crippen LogP contribution in [0, 0.1) is 33.1 Å². The van der Waals surface area contributed by atoms with Crippen LogP contribution in [0.15, 0.2) is 12.1 Å². The number of carbonyl (C=O) groups excluding carboxylic acids is 1. The fraction of sp³-hybridized carbons (Fsp3) is 0.533. The molecule has 2 rings (SSSR count). The number of benzene rings is 1. The van der Waals surface area contributed by atoms with Crippen LogP contribution in [-0.4, -0.2) is 21.8 Å². The Balaban J connectivity index is 2.28. The summed E-state index contributed by atoms with van der Waals surface area (Å²) in [7, 11) is 0. The van der Waals surface area contributed by atoms with Crippen LogP contribution in [0.2, 0.25) is 0 Å². The Labute approximate surface area is 133 Å². The van der Waals surface area contributed by atoms with Gasteiger partial charge in [0, 0.05) is 17.7 Å². The second-order valence-corrected chi connectivity index (χ2v) is 6.08. The summed E-state index contributed by atoms with van der Waals surface area (Å²) in [5, 5.41) is 24.8. The van der Waals surface area contributed by atoms with Crippen LogP contribution in [0.1, 0.15) is 48.5 Å². The minimum Gasteiger partial charge on any atom is -0.349 e. The van der Waals surface area contributed by atoms with E-state index in [-0.39, 0.29) is 17.2 Å². The zero-order chi connectivity index (χ0) is 17.1. The molecule has 23 heavy (non-hydrogen) atoms. The summed E-state index contributed by atoms with van der Waals surface area (Å²) in [6.07, 6.45) is 3.73. The van der Waals surface area contributed by atoms with Gasteiger partial charge in [-0.15, -0.1) is 0 Å². The standard InChI is InChI=1S/C15H19N3O5/c1-9-3-5-11(6-4-9)16-15(19)13-7-12(17(20)21)8-14(10(13)2)18(22)23/h7-9,11H,3-6H2,1-2H3,(H,16,19). The zero-order valence-electron chi connectivity index (χ0n) is 13.1. The number of hydrogen-bond acceptors (Lipinski definition) is 5. The van der Waals surface area contributed by atoms with Gasteiger partial charge < -0.3 is 5.32 Å². The molecule has 0 unspecified atom stereocenters. The number of hydrogen-bond donors (Lipinski definition) is 1. The van der Waals surface area contributed by atoms with Crippen molar-refractivity contribution in [1.29, 1.82) is 0 Å². The van der Waals surface area contributed by atoms with Crippen molar-refractivity contribution in [3.8, 4) is 0 Å². The van der Waals surface area contributed by atoms with Gasteiger partial charge in [-0.05, 0) is 38.5 Å². The highest BCUT2D eigenvalue weighted by molar-refractivity contribution is 5.97. The van der Waals surface area contributed by atoms with Crippen molar-refractivity contribution in [1.82, 2.24) is 5.32 Å². The van der Waals surface area contributed by atoms with Crippen LogP contribution in [-0.2, 0) is 0 Å². The fourth-order valence-corrected chi connectivity index (χ4v) is 2.88. The molecule has 0 aromatic heterocycles. The van der Waals surface area contributed by atoms with Gasteiger partial charge in [0.15, 0.2) is 0 Å². The zero-order valence-corrected chi connectivity index (χ0v) is 13.1. The second kappa shape index (κ2) is 6.72. The molecule has 1 saturated carbocycles. The van der Waals surface area contributed by atoms with Gasteiger partial charge in [-0.25, -0.2) is 0 Å². The topological polar surface area (TPSA) is 115 Å². The first-order valence-electron chi connectivity index (χ1n) is 7.54. The van der Waals surface area contributed by atoms with Crippen LogP contribution in [0.3, 0.4) is 0 Å². The summed E-state index contributed by atoms with van der Waals surface area (Å²) >= 11 is 0. The Kier molecular flexibility index (Phi) is 4.92. The Bertz CT molecular complexity index is 651. The third-order valence-electron chi connectivity index (χ3n) is 4.37. The van der Waals surface area contributed by atoms with E-state index in [0.717, 1.165) is 37.8 Å². The molecule has 0 radical (unpaired) electrons. The first-order valence-corrected chi connectivity index (χ1v) is 7.54. The first-order chi connectivity index (χ1) is 10.8. The van der Waals surface area contributed by atoms with Crippen molar-refractivity contribution in [2.24, 2.45) is 5.92 Å². The van der Waals surface area contributed by atoms with Crippen molar-refractivity contribution in [2.45, 2.75) is 45.6 Å². The van der Waals surface area contributed by atoms with E-state index in [1.54, 1.807) is 0 Å². The average Bonchev–Trinajstić information content (AvgIpc) is 2.49. The summed E-state index contributed by atoms with van der Waals surface area (Å²) in [6.45, 7) is 3.59. The number of nitro benzene ring substituents is 2. The van der Waals surface area contributed by atoms with E-state index in [1.165, 1.54) is 6.92 Å². The summed E-state index contributed by atoms with van der Waals surface area (Å²) in [5.41, 5.74) is -0.738. The Morgan fingerprint density at radius 2 is 1.74 bits per heavy atom. The van der Waals surface area contributed by atoms with Crippen molar-refractivity contribution in [3.63, 3.8) is 0 Å². The van der Waals surface area contributed by atoms with Gasteiger partial charge in [0.1, 0.15) is 0 Å². The molecule has 0 aliphatic heterocycles. The molecule has 0 heterocycles. The van der Waals surface area contributed by atoms with Crippen LogP contribution < -0.4 is 5.32 Å². The van der Waals surface area contributed by atoms with E-state index in [0.29, 0.717) is 5.92 Å². The molecule has 0 atom stereocenters. The van der Waals surface area contributed by atoms with Crippen molar-refractivity contribution < 1.29 is 14.6 Å². The van der Waals surface area contributed by atoms with Gasteiger partial charge in [-0.1, -0.05) is 6.92 Å². The SMILES string of the molecule is Cc1c(C(=O)NC2CCC(C)CC2)cc([N+](=O)[O-])cc1[N+](=O)[O-]. The molecule has 8 heteroatoms. The fourth-order valence-electron chi connectivity index (χ4n) is 2.88. The largest absolute Gasteiger partial charge is 0.349 e. The lowest BCUT2D eigenvalue weighted by molar-refractivity contribution is -0.394. The Morgan fingerprint density at radius 1 is 1.13 bits per heavy atom. The van der Waals surface area contributed by atoms with Gasteiger partial charge >= 0.3 is 0 Å². The maximum absolute atomic E-state index is 12.4. The van der Waals surface area contributed by atoms with Gasteiger partial charge in [-0.2, -0.15) is 0 Å². The first kappa shape index (κ1) is 16.9. The van der Waals surface area contributed by atoms with Gasteiger partial charge in [-0.3, -0.25) is 25.0 Å². The molecule has 1 aromatic rings.